The van der Waals surface area contributed by atoms with Crippen LogP contribution in [0.4, 0.5) is 11.4 Å². The molecule has 0 spiro atoms. The van der Waals surface area contributed by atoms with E-state index in [0.717, 1.165) is 29.9 Å². The maximum Gasteiger partial charge on any atom is 0.230 e. The van der Waals surface area contributed by atoms with Gasteiger partial charge in [0.15, 0.2) is 5.78 Å². The Morgan fingerprint density at radius 3 is 2.62 bits per heavy atom. The lowest BCUT2D eigenvalue weighted by Crippen LogP contribution is -2.40. The molecular formula is C23H22Cl2N2O2. The number of nitrogens with one attached hydrogen (secondary N) is 1. The van der Waals surface area contributed by atoms with Crippen molar-refractivity contribution in [1.29, 1.82) is 0 Å². The van der Waals surface area contributed by atoms with E-state index in [-0.39, 0.29) is 17.6 Å². The lowest BCUT2D eigenvalue weighted by atomic mass is 9.85. The van der Waals surface area contributed by atoms with Crippen LogP contribution in [0.2, 0.25) is 10.0 Å². The molecule has 0 bridgehead atoms. The Labute approximate surface area is 180 Å². The number of amides is 1. The van der Waals surface area contributed by atoms with Gasteiger partial charge in [0.2, 0.25) is 5.91 Å². The first kappa shape index (κ1) is 20.0. The highest BCUT2D eigenvalue weighted by Gasteiger charge is 2.40. The van der Waals surface area contributed by atoms with Gasteiger partial charge < -0.3 is 5.32 Å². The molecule has 6 heteroatoms. The fourth-order valence-corrected chi connectivity index (χ4v) is 4.58. The van der Waals surface area contributed by atoms with E-state index in [4.69, 9.17) is 23.2 Å². The first-order chi connectivity index (χ1) is 13.9. The maximum absolute atomic E-state index is 13.5. The van der Waals surface area contributed by atoms with E-state index in [1.54, 1.807) is 17.0 Å². The fourth-order valence-electron chi connectivity index (χ4n) is 4.07. The van der Waals surface area contributed by atoms with Gasteiger partial charge in [0.25, 0.3) is 0 Å². The molecule has 1 aliphatic heterocycles. The van der Waals surface area contributed by atoms with E-state index in [1.165, 1.54) is 0 Å². The minimum Gasteiger partial charge on any atom is -0.357 e. The molecule has 0 saturated heterocycles. The molecular weight excluding hydrogens is 407 g/mol. The normalized spacial score (nSPS) is 18.9. The van der Waals surface area contributed by atoms with Gasteiger partial charge in [-0.05, 0) is 42.7 Å². The van der Waals surface area contributed by atoms with Crippen molar-refractivity contribution in [2.45, 2.75) is 39.2 Å². The number of para-hydroxylation sites is 2. The molecule has 1 atom stereocenters. The third kappa shape index (κ3) is 3.56. The van der Waals surface area contributed by atoms with Crippen LogP contribution in [0.5, 0.6) is 0 Å². The van der Waals surface area contributed by atoms with Crippen LogP contribution in [-0.2, 0) is 9.59 Å². The van der Waals surface area contributed by atoms with E-state index in [2.05, 4.69) is 5.32 Å². The van der Waals surface area contributed by atoms with Crippen molar-refractivity contribution in [3.8, 4) is 0 Å². The Morgan fingerprint density at radius 1 is 1.14 bits per heavy atom. The average Bonchev–Trinajstić information content (AvgIpc) is 2.82. The van der Waals surface area contributed by atoms with Crippen molar-refractivity contribution >= 4 is 46.3 Å². The number of fused-ring (bicyclic) bond motifs is 1. The molecule has 4 nitrogen and oxygen atoms in total. The number of benzene rings is 2. The van der Waals surface area contributed by atoms with Crippen molar-refractivity contribution in [1.82, 2.24) is 0 Å². The van der Waals surface area contributed by atoms with Gasteiger partial charge in [0, 0.05) is 33.7 Å². The van der Waals surface area contributed by atoms with E-state index < -0.39 is 6.04 Å². The molecule has 150 valence electrons. The number of allylic oxidation sites excluding steroid dienone is 1. The Bertz CT molecular complexity index is 1030. The highest BCUT2D eigenvalue weighted by atomic mass is 35.5. The van der Waals surface area contributed by atoms with Crippen molar-refractivity contribution in [2.24, 2.45) is 5.92 Å². The molecule has 0 fully saturated rings. The van der Waals surface area contributed by atoms with Gasteiger partial charge in [0.05, 0.1) is 17.4 Å². The Morgan fingerprint density at radius 2 is 1.90 bits per heavy atom. The number of halogens is 2. The summed E-state index contributed by atoms with van der Waals surface area (Å²) in [6.45, 7) is 3.73. The minimum absolute atomic E-state index is 0.0455. The van der Waals surface area contributed by atoms with Gasteiger partial charge in [-0.2, -0.15) is 0 Å². The molecule has 1 heterocycles. The quantitative estimate of drug-likeness (QED) is 0.623. The van der Waals surface area contributed by atoms with Crippen molar-refractivity contribution < 1.29 is 9.59 Å². The molecule has 1 N–H and O–H groups in total. The first-order valence-corrected chi connectivity index (χ1v) is 10.5. The van der Waals surface area contributed by atoms with Crippen LogP contribution in [0, 0.1) is 5.92 Å². The summed E-state index contributed by atoms with van der Waals surface area (Å²) >= 11 is 12.7. The largest absolute Gasteiger partial charge is 0.357 e. The number of Topliss-reactive ketones (excluding diaryl/α,β-unsaturated/α-hetero) is 1. The van der Waals surface area contributed by atoms with Gasteiger partial charge in [-0.3, -0.25) is 14.5 Å². The molecule has 0 unspecified atom stereocenters. The fraction of sp³-hybridized carbons (Fsp3) is 0.304. The lowest BCUT2D eigenvalue weighted by Gasteiger charge is -2.35. The summed E-state index contributed by atoms with van der Waals surface area (Å²) in [4.78, 5) is 28.3. The topological polar surface area (TPSA) is 49.4 Å². The van der Waals surface area contributed by atoms with Gasteiger partial charge in [-0.15, -0.1) is 0 Å². The summed E-state index contributed by atoms with van der Waals surface area (Å²) in [5.41, 5.74) is 3.74. The van der Waals surface area contributed by atoms with Crippen molar-refractivity contribution in [3.05, 3.63) is 69.3 Å². The van der Waals surface area contributed by atoms with Gasteiger partial charge in [0.1, 0.15) is 0 Å². The molecule has 0 radical (unpaired) electrons. The zero-order valence-electron chi connectivity index (χ0n) is 16.3. The average molecular weight is 429 g/mol. The second kappa shape index (κ2) is 7.85. The van der Waals surface area contributed by atoms with Crippen LogP contribution in [0.1, 0.15) is 44.7 Å². The van der Waals surface area contributed by atoms with Crippen LogP contribution < -0.4 is 10.2 Å². The number of ketones is 1. The van der Waals surface area contributed by atoms with Gasteiger partial charge in [-0.25, -0.2) is 0 Å². The second-order valence-corrected chi connectivity index (χ2v) is 8.59. The molecule has 29 heavy (non-hydrogen) atoms. The van der Waals surface area contributed by atoms with E-state index in [0.29, 0.717) is 27.6 Å². The molecule has 1 aliphatic carbocycles. The standard InChI is InChI=1S/C23H22Cl2N2O2/c1-13(2)23(29)27-19-8-4-3-6-17(19)26-18-7-5-9-20(28)21(18)22(27)15-11-10-14(24)12-16(15)25/h3-4,6,8,10-13,22,26H,5,7,9H2,1-2H3/t22-/m1/s1. The van der Waals surface area contributed by atoms with Crippen LogP contribution in [0.25, 0.3) is 0 Å². The molecule has 0 saturated carbocycles. The highest BCUT2D eigenvalue weighted by molar-refractivity contribution is 6.35. The zero-order valence-corrected chi connectivity index (χ0v) is 17.8. The number of anilines is 2. The number of carbonyl (C=O) groups is 2. The number of hydrogen-bond donors (Lipinski definition) is 1. The monoisotopic (exact) mass is 428 g/mol. The molecule has 1 amide bonds. The summed E-state index contributed by atoms with van der Waals surface area (Å²) < 4.78 is 0. The predicted molar refractivity (Wildman–Crippen MR) is 117 cm³/mol. The summed E-state index contributed by atoms with van der Waals surface area (Å²) in [5, 5.41) is 4.39. The van der Waals surface area contributed by atoms with Crippen LogP contribution in [-0.4, -0.2) is 11.7 Å². The molecule has 2 aromatic carbocycles. The van der Waals surface area contributed by atoms with E-state index in [9.17, 15) is 9.59 Å². The maximum atomic E-state index is 13.5. The number of hydrogen-bond acceptors (Lipinski definition) is 3. The van der Waals surface area contributed by atoms with E-state index >= 15 is 0 Å². The minimum atomic E-state index is -0.603. The third-order valence-corrected chi connectivity index (χ3v) is 5.99. The summed E-state index contributed by atoms with van der Waals surface area (Å²) in [6, 6.07) is 12.3. The first-order valence-electron chi connectivity index (χ1n) is 9.78. The van der Waals surface area contributed by atoms with Crippen LogP contribution in [0.3, 0.4) is 0 Å². The summed E-state index contributed by atoms with van der Waals surface area (Å²) in [6.07, 6.45) is 2.00. The summed E-state index contributed by atoms with van der Waals surface area (Å²) in [7, 11) is 0. The third-order valence-electron chi connectivity index (χ3n) is 5.43. The lowest BCUT2D eigenvalue weighted by molar-refractivity contribution is -0.121. The van der Waals surface area contributed by atoms with Crippen LogP contribution in [0.15, 0.2) is 53.7 Å². The molecule has 2 aromatic rings. The molecule has 0 aromatic heterocycles. The van der Waals surface area contributed by atoms with Crippen LogP contribution >= 0.6 is 23.2 Å². The Kier molecular flexibility index (Phi) is 5.41. The van der Waals surface area contributed by atoms with Crippen molar-refractivity contribution in [2.75, 3.05) is 10.2 Å². The Balaban J connectivity index is 2.04. The zero-order chi connectivity index (χ0) is 20.7. The summed E-state index contributed by atoms with van der Waals surface area (Å²) in [5.74, 6) is -0.274. The van der Waals surface area contributed by atoms with Gasteiger partial charge >= 0.3 is 0 Å². The molecule has 2 aliphatic rings. The SMILES string of the molecule is CC(C)C(=O)N1c2ccccc2NC2=C(C(=O)CCC2)[C@H]1c1ccc(Cl)cc1Cl. The van der Waals surface area contributed by atoms with Crippen molar-refractivity contribution in [3.63, 3.8) is 0 Å². The number of carbonyl (C=O) groups excluding carboxylic acids is 2. The smallest absolute Gasteiger partial charge is 0.230 e. The second-order valence-electron chi connectivity index (χ2n) is 7.74. The number of nitrogens with zero attached hydrogens (tertiary/aromatic N) is 1. The molecule has 4 rings (SSSR count). The highest BCUT2D eigenvalue weighted by Crippen LogP contribution is 2.46. The predicted octanol–water partition coefficient (Wildman–Crippen LogP) is 6.16. The number of rotatable bonds is 2. The van der Waals surface area contributed by atoms with Gasteiger partial charge in [-0.1, -0.05) is 55.2 Å². The Hall–Kier alpha value is -2.30. The van der Waals surface area contributed by atoms with E-state index in [1.807, 2.05) is 44.2 Å².